The fourth-order valence-corrected chi connectivity index (χ4v) is 3.78. The number of likely N-dealkylation sites (N-methyl/N-ethyl adjacent to an activating group) is 1. The van der Waals surface area contributed by atoms with Crippen LogP contribution in [0, 0.1) is 0 Å². The van der Waals surface area contributed by atoms with Crippen molar-refractivity contribution in [2.24, 2.45) is 0 Å². The highest BCUT2D eigenvalue weighted by atomic mass is 79.9. The Kier molecular flexibility index (Phi) is 5.35. The van der Waals surface area contributed by atoms with Gasteiger partial charge < -0.3 is 4.90 Å². The highest BCUT2D eigenvalue weighted by Gasteiger charge is 2.14. The number of hydrogen-bond acceptors (Lipinski definition) is 4. The first-order valence-electron chi connectivity index (χ1n) is 6.37. The summed E-state index contributed by atoms with van der Waals surface area (Å²) in [5.41, 5.74) is 2.03. The molecule has 0 bridgehead atoms. The topological polar surface area (TPSA) is 33.2 Å². The summed E-state index contributed by atoms with van der Waals surface area (Å²) in [6.07, 6.45) is 0.380. The van der Waals surface area contributed by atoms with Gasteiger partial charge in [-0.05, 0) is 32.9 Å². The van der Waals surface area contributed by atoms with Gasteiger partial charge in [0.25, 0.3) is 0 Å². The van der Waals surface area contributed by atoms with Crippen LogP contribution in [0.4, 0.5) is 0 Å². The van der Waals surface area contributed by atoms with Crippen LogP contribution in [0.5, 0.6) is 0 Å². The summed E-state index contributed by atoms with van der Waals surface area (Å²) >= 11 is 6.70. The number of hydrogen-bond donors (Lipinski definition) is 0. The zero-order valence-corrected chi connectivity index (χ0v) is 14.9. The van der Waals surface area contributed by atoms with Crippen LogP contribution in [0.25, 0.3) is 0 Å². The molecule has 3 nitrogen and oxygen atoms in total. The second kappa shape index (κ2) is 6.83. The molecule has 0 atom stereocenters. The molecule has 0 aromatic carbocycles. The minimum Gasteiger partial charge on any atom is -0.341 e. The van der Waals surface area contributed by atoms with Crippen LogP contribution >= 0.6 is 38.6 Å². The van der Waals surface area contributed by atoms with Crippen LogP contribution in [0.3, 0.4) is 0 Å². The van der Waals surface area contributed by atoms with E-state index in [9.17, 15) is 4.79 Å². The van der Waals surface area contributed by atoms with Gasteiger partial charge in [-0.25, -0.2) is 4.98 Å². The third kappa shape index (κ3) is 4.14. The number of aromatic nitrogens is 1. The van der Waals surface area contributed by atoms with Gasteiger partial charge in [-0.1, -0.05) is 13.8 Å². The lowest BCUT2D eigenvalue weighted by atomic mass is 10.2. The zero-order chi connectivity index (χ0) is 14.7. The lowest BCUT2D eigenvalue weighted by molar-refractivity contribution is -0.129. The standard InChI is InChI=1S/C14H17BrN2OS2/c1-9(2)14-16-11(8-20-14)5-13(18)17(3)6-10-4-12(15)19-7-10/h4,7-9H,5-6H2,1-3H3. The molecule has 0 saturated carbocycles. The maximum Gasteiger partial charge on any atom is 0.228 e. The van der Waals surface area contributed by atoms with Crippen molar-refractivity contribution in [2.75, 3.05) is 7.05 Å². The smallest absolute Gasteiger partial charge is 0.228 e. The van der Waals surface area contributed by atoms with Crippen molar-refractivity contribution in [1.29, 1.82) is 0 Å². The molecular formula is C14H17BrN2OS2. The Morgan fingerprint density at radius 3 is 2.70 bits per heavy atom. The van der Waals surface area contributed by atoms with E-state index in [0.29, 0.717) is 18.9 Å². The van der Waals surface area contributed by atoms with Crippen molar-refractivity contribution in [1.82, 2.24) is 9.88 Å². The zero-order valence-electron chi connectivity index (χ0n) is 11.7. The second-order valence-electron chi connectivity index (χ2n) is 5.02. The van der Waals surface area contributed by atoms with Gasteiger partial charge in [-0.15, -0.1) is 22.7 Å². The Bertz CT molecular complexity index is 592. The van der Waals surface area contributed by atoms with E-state index >= 15 is 0 Å². The lowest BCUT2D eigenvalue weighted by Gasteiger charge is -2.15. The first-order valence-corrected chi connectivity index (χ1v) is 8.92. The van der Waals surface area contributed by atoms with E-state index in [-0.39, 0.29) is 5.91 Å². The van der Waals surface area contributed by atoms with Crippen LogP contribution in [0.1, 0.15) is 36.0 Å². The number of amides is 1. The number of carbonyl (C=O) groups excluding carboxylic acids is 1. The Balaban J connectivity index is 1.93. The molecule has 0 radical (unpaired) electrons. The van der Waals surface area contributed by atoms with Gasteiger partial charge in [-0.2, -0.15) is 0 Å². The molecule has 2 heterocycles. The van der Waals surface area contributed by atoms with Gasteiger partial charge in [0.1, 0.15) is 0 Å². The van der Waals surface area contributed by atoms with Gasteiger partial charge in [-0.3, -0.25) is 4.79 Å². The van der Waals surface area contributed by atoms with Gasteiger partial charge in [0.15, 0.2) is 0 Å². The fourth-order valence-electron chi connectivity index (χ4n) is 1.75. The molecule has 0 spiro atoms. The molecule has 108 valence electrons. The molecule has 6 heteroatoms. The van der Waals surface area contributed by atoms with Crippen LogP contribution in [-0.2, 0) is 17.8 Å². The SMILES string of the molecule is CC(C)c1nc(CC(=O)N(C)Cc2csc(Br)c2)cs1. The van der Waals surface area contributed by atoms with E-state index in [1.807, 2.05) is 18.5 Å². The van der Waals surface area contributed by atoms with Gasteiger partial charge in [0.05, 0.1) is 20.9 Å². The number of nitrogens with zero attached hydrogens (tertiary/aromatic N) is 2. The molecule has 0 aliphatic rings. The molecule has 0 aliphatic heterocycles. The molecule has 1 amide bonds. The molecule has 0 unspecified atom stereocenters. The minimum atomic E-state index is 0.105. The first-order chi connectivity index (χ1) is 9.45. The Morgan fingerprint density at radius 2 is 2.15 bits per heavy atom. The summed E-state index contributed by atoms with van der Waals surface area (Å²) < 4.78 is 1.09. The highest BCUT2D eigenvalue weighted by molar-refractivity contribution is 9.11. The summed E-state index contributed by atoms with van der Waals surface area (Å²) in [6, 6.07) is 2.05. The average Bonchev–Trinajstić information content (AvgIpc) is 2.98. The van der Waals surface area contributed by atoms with Crippen molar-refractivity contribution >= 4 is 44.5 Å². The molecule has 2 aromatic heterocycles. The first kappa shape index (κ1) is 15.7. The Labute approximate surface area is 135 Å². The summed E-state index contributed by atoms with van der Waals surface area (Å²) in [4.78, 5) is 18.4. The van der Waals surface area contributed by atoms with Crippen LogP contribution in [-0.4, -0.2) is 22.8 Å². The molecule has 0 fully saturated rings. The maximum atomic E-state index is 12.2. The summed E-state index contributed by atoms with van der Waals surface area (Å²) in [5.74, 6) is 0.526. The van der Waals surface area contributed by atoms with Crippen molar-refractivity contribution in [3.05, 3.63) is 36.9 Å². The van der Waals surface area contributed by atoms with Crippen LogP contribution < -0.4 is 0 Å². The number of thiophene rings is 1. The minimum absolute atomic E-state index is 0.105. The summed E-state index contributed by atoms with van der Waals surface area (Å²) in [6.45, 7) is 4.87. The molecule has 20 heavy (non-hydrogen) atoms. The van der Waals surface area contributed by atoms with Crippen molar-refractivity contribution in [3.63, 3.8) is 0 Å². The molecule has 2 rings (SSSR count). The third-order valence-corrected chi connectivity index (χ3v) is 5.61. The van der Waals surface area contributed by atoms with Gasteiger partial charge in [0.2, 0.25) is 5.91 Å². The van der Waals surface area contributed by atoms with Gasteiger partial charge >= 0.3 is 0 Å². The third-order valence-electron chi connectivity index (χ3n) is 2.86. The Morgan fingerprint density at radius 1 is 1.40 bits per heavy atom. The van der Waals surface area contributed by atoms with Crippen LogP contribution in [0.2, 0.25) is 0 Å². The van der Waals surface area contributed by atoms with Crippen molar-refractivity contribution in [2.45, 2.75) is 32.7 Å². The quantitative estimate of drug-likeness (QED) is 0.783. The molecular weight excluding hydrogens is 356 g/mol. The second-order valence-corrected chi connectivity index (χ2v) is 8.20. The monoisotopic (exact) mass is 372 g/mol. The molecule has 2 aromatic rings. The van der Waals surface area contributed by atoms with Gasteiger partial charge in [0, 0.05) is 24.9 Å². The van der Waals surface area contributed by atoms with Crippen molar-refractivity contribution < 1.29 is 4.79 Å². The van der Waals surface area contributed by atoms with E-state index in [0.717, 1.165) is 20.1 Å². The molecule has 0 N–H and O–H groups in total. The van der Waals surface area contributed by atoms with Crippen LogP contribution in [0.15, 0.2) is 20.6 Å². The maximum absolute atomic E-state index is 12.2. The van der Waals surface area contributed by atoms with E-state index in [1.165, 1.54) is 0 Å². The van der Waals surface area contributed by atoms with Crippen molar-refractivity contribution in [3.8, 4) is 0 Å². The average molecular weight is 373 g/mol. The van der Waals surface area contributed by atoms with E-state index < -0.39 is 0 Å². The number of thiazole rings is 1. The largest absolute Gasteiger partial charge is 0.341 e. The Hall–Kier alpha value is -0.720. The lowest BCUT2D eigenvalue weighted by Crippen LogP contribution is -2.27. The van der Waals surface area contributed by atoms with E-state index in [4.69, 9.17) is 0 Å². The number of halogens is 1. The summed E-state index contributed by atoms with van der Waals surface area (Å²) in [5, 5.41) is 5.15. The van der Waals surface area contributed by atoms with E-state index in [2.05, 4.69) is 40.1 Å². The number of carbonyl (C=O) groups is 1. The fraction of sp³-hybridized carbons (Fsp3) is 0.429. The van der Waals surface area contributed by atoms with E-state index in [1.54, 1.807) is 27.6 Å². The highest BCUT2D eigenvalue weighted by Crippen LogP contribution is 2.22. The normalized spacial score (nSPS) is 11.1. The summed E-state index contributed by atoms with van der Waals surface area (Å²) in [7, 11) is 1.84. The number of rotatable bonds is 5. The predicted octanol–water partition coefficient (Wildman–Crippen LogP) is 4.29. The molecule has 0 aliphatic carbocycles. The predicted molar refractivity (Wildman–Crippen MR) is 88.4 cm³/mol. The molecule has 0 saturated heterocycles.